The van der Waals surface area contributed by atoms with E-state index in [1.54, 1.807) is 21.3 Å². The van der Waals surface area contributed by atoms with Crippen LogP contribution in [0.3, 0.4) is 0 Å². The molecule has 0 atom stereocenters. The molecule has 0 aliphatic heterocycles. The molecule has 2 rings (SSSR count). The molecule has 0 amide bonds. The summed E-state index contributed by atoms with van der Waals surface area (Å²) in [7, 11) is 4.84. The summed E-state index contributed by atoms with van der Waals surface area (Å²) in [6.45, 7) is 0.664. The van der Waals surface area contributed by atoms with Crippen LogP contribution in [0.1, 0.15) is 5.56 Å². The number of nitrogens with one attached hydrogen (secondary N) is 1. The van der Waals surface area contributed by atoms with Gasteiger partial charge in [0, 0.05) is 17.1 Å². The van der Waals surface area contributed by atoms with Gasteiger partial charge in [0.15, 0.2) is 0 Å². The summed E-state index contributed by atoms with van der Waals surface area (Å²) in [4.78, 5) is 13.3. The van der Waals surface area contributed by atoms with Crippen molar-refractivity contribution in [1.29, 1.82) is 0 Å². The number of H-pyrrole nitrogens is 1. The maximum Gasteiger partial charge on any atom is 0.119 e. The monoisotopic (exact) mass is 250 g/mol. The first-order valence-corrected chi connectivity index (χ1v) is 5.78. The highest BCUT2D eigenvalue weighted by Gasteiger charge is 2.08. The molecular formula is C13H18N2O3. The molecular weight excluding hydrogens is 232 g/mol. The molecule has 0 bridgehead atoms. The Kier molecular flexibility index (Phi) is 4.19. The molecule has 0 radical (unpaired) electrons. The molecule has 1 N–H and O–H groups in total. The first-order chi connectivity index (χ1) is 8.78. The number of aromatic nitrogens is 1. The average Bonchev–Trinajstić information content (AvgIpc) is 2.82. The van der Waals surface area contributed by atoms with E-state index < -0.39 is 0 Å². The van der Waals surface area contributed by atoms with Gasteiger partial charge in [0.2, 0.25) is 0 Å². The highest BCUT2D eigenvalue weighted by atomic mass is 16.9. The largest absolute Gasteiger partial charge is 0.497 e. The lowest BCUT2D eigenvalue weighted by molar-refractivity contribution is -0.341. The molecule has 0 fully saturated rings. The van der Waals surface area contributed by atoms with Gasteiger partial charge in [-0.25, -0.2) is 0 Å². The van der Waals surface area contributed by atoms with Crippen LogP contribution in [0, 0.1) is 0 Å². The second-order valence-electron chi connectivity index (χ2n) is 3.90. The quantitative estimate of drug-likeness (QED) is 0.798. The maximum atomic E-state index is 5.24. The van der Waals surface area contributed by atoms with Crippen LogP contribution in [-0.2, 0) is 16.1 Å². The third kappa shape index (κ3) is 2.64. The number of rotatable bonds is 6. The Bertz CT molecular complexity index is 506. The van der Waals surface area contributed by atoms with Gasteiger partial charge in [0.25, 0.3) is 0 Å². The van der Waals surface area contributed by atoms with Crippen LogP contribution in [0.15, 0.2) is 24.4 Å². The smallest absolute Gasteiger partial charge is 0.119 e. The standard InChI is InChI=1S/C13H18N2O3/c1-16-11-4-5-13-12(8-11)10(9-14-13)6-7-15(17-2)18-3/h4-5,8-9,14H,6-7H2,1-3H3. The van der Waals surface area contributed by atoms with E-state index in [1.165, 1.54) is 16.2 Å². The van der Waals surface area contributed by atoms with Crippen molar-refractivity contribution in [3.05, 3.63) is 30.0 Å². The fourth-order valence-electron chi connectivity index (χ4n) is 1.96. The Labute approximate surface area is 106 Å². The second-order valence-corrected chi connectivity index (χ2v) is 3.90. The van der Waals surface area contributed by atoms with Gasteiger partial charge in [0.05, 0.1) is 27.9 Å². The highest BCUT2D eigenvalue weighted by Crippen LogP contribution is 2.24. The van der Waals surface area contributed by atoms with Gasteiger partial charge in [-0.15, -0.1) is 0 Å². The Balaban J connectivity index is 2.17. The molecule has 2 aromatic rings. The molecule has 0 saturated heterocycles. The number of hydroxylamine groups is 2. The summed E-state index contributed by atoms with van der Waals surface area (Å²) in [5.41, 5.74) is 2.31. The van der Waals surface area contributed by atoms with Crippen molar-refractivity contribution < 1.29 is 14.4 Å². The molecule has 1 heterocycles. The van der Waals surface area contributed by atoms with E-state index >= 15 is 0 Å². The normalized spacial score (nSPS) is 11.3. The van der Waals surface area contributed by atoms with Gasteiger partial charge < -0.3 is 9.72 Å². The summed E-state index contributed by atoms with van der Waals surface area (Å²) in [6.07, 6.45) is 2.84. The van der Waals surface area contributed by atoms with Gasteiger partial charge in [0.1, 0.15) is 5.75 Å². The van der Waals surface area contributed by atoms with Gasteiger partial charge in [-0.3, -0.25) is 9.68 Å². The van der Waals surface area contributed by atoms with Crippen molar-refractivity contribution in [2.75, 3.05) is 27.9 Å². The molecule has 0 unspecified atom stereocenters. The van der Waals surface area contributed by atoms with Gasteiger partial charge in [-0.05, 0) is 30.2 Å². The van der Waals surface area contributed by atoms with Crippen molar-refractivity contribution in [2.24, 2.45) is 0 Å². The van der Waals surface area contributed by atoms with Crippen molar-refractivity contribution in [1.82, 2.24) is 10.2 Å². The topological polar surface area (TPSA) is 46.7 Å². The predicted molar refractivity (Wildman–Crippen MR) is 69.3 cm³/mol. The molecule has 18 heavy (non-hydrogen) atoms. The van der Waals surface area contributed by atoms with Gasteiger partial charge >= 0.3 is 0 Å². The van der Waals surface area contributed by atoms with Crippen LogP contribution in [0.25, 0.3) is 10.9 Å². The van der Waals surface area contributed by atoms with E-state index in [9.17, 15) is 0 Å². The van der Waals surface area contributed by atoms with E-state index in [4.69, 9.17) is 14.4 Å². The molecule has 1 aromatic heterocycles. The number of nitrogens with zero attached hydrogens (tertiary/aromatic N) is 1. The maximum absolute atomic E-state index is 5.24. The number of ether oxygens (including phenoxy) is 1. The lowest BCUT2D eigenvalue weighted by Crippen LogP contribution is -2.23. The Hall–Kier alpha value is -1.56. The third-order valence-corrected chi connectivity index (χ3v) is 2.95. The van der Waals surface area contributed by atoms with E-state index in [1.807, 2.05) is 24.4 Å². The lowest BCUT2D eigenvalue weighted by atomic mass is 10.1. The number of hydrogen-bond acceptors (Lipinski definition) is 4. The zero-order valence-corrected chi connectivity index (χ0v) is 10.9. The predicted octanol–water partition coefficient (Wildman–Crippen LogP) is 2.14. The van der Waals surface area contributed by atoms with E-state index in [-0.39, 0.29) is 0 Å². The summed E-state index contributed by atoms with van der Waals surface area (Å²) >= 11 is 0. The molecule has 5 nitrogen and oxygen atoms in total. The Morgan fingerprint density at radius 3 is 2.61 bits per heavy atom. The average molecular weight is 250 g/mol. The highest BCUT2D eigenvalue weighted by molar-refractivity contribution is 5.84. The Morgan fingerprint density at radius 2 is 1.94 bits per heavy atom. The first kappa shape index (κ1) is 12.9. The minimum absolute atomic E-state index is 0.664. The minimum atomic E-state index is 0.664. The first-order valence-electron chi connectivity index (χ1n) is 5.78. The van der Waals surface area contributed by atoms with Crippen LogP contribution in [-0.4, -0.2) is 38.1 Å². The van der Waals surface area contributed by atoms with Crippen LogP contribution < -0.4 is 4.74 Å². The molecule has 98 valence electrons. The third-order valence-electron chi connectivity index (χ3n) is 2.95. The van der Waals surface area contributed by atoms with Crippen LogP contribution in [0.2, 0.25) is 0 Å². The van der Waals surface area contributed by atoms with Crippen LogP contribution >= 0.6 is 0 Å². The van der Waals surface area contributed by atoms with E-state index in [0.29, 0.717) is 6.54 Å². The van der Waals surface area contributed by atoms with Crippen molar-refractivity contribution in [2.45, 2.75) is 6.42 Å². The molecule has 1 aromatic carbocycles. The minimum Gasteiger partial charge on any atom is -0.497 e. The molecule has 5 heteroatoms. The van der Waals surface area contributed by atoms with E-state index in [0.717, 1.165) is 17.7 Å². The SMILES string of the molecule is COc1ccc2[nH]cc(CCN(OC)OC)c2c1. The molecule has 0 spiro atoms. The van der Waals surface area contributed by atoms with Crippen molar-refractivity contribution >= 4 is 10.9 Å². The summed E-state index contributed by atoms with van der Waals surface area (Å²) < 4.78 is 5.24. The summed E-state index contributed by atoms with van der Waals surface area (Å²) in [5, 5.41) is 2.61. The number of benzene rings is 1. The van der Waals surface area contributed by atoms with E-state index in [2.05, 4.69) is 4.98 Å². The fraction of sp³-hybridized carbons (Fsp3) is 0.385. The van der Waals surface area contributed by atoms with Crippen molar-refractivity contribution in [3.8, 4) is 5.75 Å². The Morgan fingerprint density at radius 1 is 1.17 bits per heavy atom. The molecule has 0 aliphatic carbocycles. The number of hydrogen-bond donors (Lipinski definition) is 1. The van der Waals surface area contributed by atoms with Crippen LogP contribution in [0.5, 0.6) is 5.75 Å². The number of fused-ring (bicyclic) bond motifs is 1. The molecule has 0 saturated carbocycles. The van der Waals surface area contributed by atoms with Gasteiger partial charge in [-0.2, -0.15) is 0 Å². The lowest BCUT2D eigenvalue weighted by Gasteiger charge is -2.15. The van der Waals surface area contributed by atoms with Crippen LogP contribution in [0.4, 0.5) is 0 Å². The number of methoxy groups -OCH3 is 1. The number of aromatic amines is 1. The summed E-state index contributed by atoms with van der Waals surface area (Å²) in [6, 6.07) is 5.99. The van der Waals surface area contributed by atoms with Gasteiger partial charge in [-0.1, -0.05) is 5.23 Å². The van der Waals surface area contributed by atoms with Crippen molar-refractivity contribution in [3.63, 3.8) is 0 Å². The fourth-order valence-corrected chi connectivity index (χ4v) is 1.96. The summed E-state index contributed by atoms with van der Waals surface area (Å²) in [5.74, 6) is 0.860. The zero-order valence-electron chi connectivity index (χ0n) is 10.9. The zero-order chi connectivity index (χ0) is 13.0. The second kappa shape index (κ2) is 5.86. The molecule has 0 aliphatic rings.